The fraction of sp³-hybridized carbons (Fsp3) is 0. The van der Waals surface area contributed by atoms with Crippen molar-refractivity contribution in [2.75, 3.05) is 5.73 Å². The molecule has 2 heterocycles. The van der Waals surface area contributed by atoms with E-state index in [4.69, 9.17) is 5.73 Å². The van der Waals surface area contributed by atoms with E-state index in [0.717, 1.165) is 33.3 Å². The predicted octanol–water partition coefficient (Wildman–Crippen LogP) is 3.36. The number of fused-ring (bicyclic) bond motifs is 2. The number of H-pyrrole nitrogens is 1. The maximum absolute atomic E-state index is 5.97. The van der Waals surface area contributed by atoms with Crippen LogP contribution in [-0.4, -0.2) is 15.0 Å². The highest BCUT2D eigenvalue weighted by atomic mass is 14.9. The minimum Gasteiger partial charge on any atom is -0.397 e. The molecule has 4 heteroatoms. The standard InChI is InChI=1S/C16H12N4/c17-12-6-2-8-14-15(12)20-16(19-14)11-4-1-7-13-10(11)5-3-9-18-13/h1-9H,17H2,(H,19,20). The molecule has 0 aliphatic rings. The van der Waals surface area contributed by atoms with Gasteiger partial charge in [0.25, 0.3) is 0 Å². The summed E-state index contributed by atoms with van der Waals surface area (Å²) in [7, 11) is 0. The van der Waals surface area contributed by atoms with E-state index in [0.29, 0.717) is 5.69 Å². The molecule has 2 aromatic carbocycles. The second-order valence-corrected chi connectivity index (χ2v) is 4.70. The highest BCUT2D eigenvalue weighted by Gasteiger charge is 2.10. The molecule has 0 saturated heterocycles. The molecule has 4 rings (SSSR count). The Labute approximate surface area is 115 Å². The first-order chi connectivity index (χ1) is 9.83. The van der Waals surface area contributed by atoms with Crippen molar-refractivity contribution in [3.05, 3.63) is 54.7 Å². The number of anilines is 1. The van der Waals surface area contributed by atoms with E-state index in [1.807, 2.05) is 48.5 Å². The number of nitrogens with zero attached hydrogens (tertiary/aromatic N) is 2. The van der Waals surface area contributed by atoms with Crippen molar-refractivity contribution < 1.29 is 0 Å². The maximum Gasteiger partial charge on any atom is 0.139 e. The highest BCUT2D eigenvalue weighted by molar-refractivity contribution is 5.96. The average molecular weight is 260 g/mol. The second kappa shape index (κ2) is 4.06. The first kappa shape index (κ1) is 11.0. The monoisotopic (exact) mass is 260 g/mol. The van der Waals surface area contributed by atoms with Gasteiger partial charge in [-0.1, -0.05) is 24.3 Å². The van der Waals surface area contributed by atoms with Gasteiger partial charge in [0.2, 0.25) is 0 Å². The van der Waals surface area contributed by atoms with E-state index in [1.165, 1.54) is 0 Å². The average Bonchev–Trinajstić information content (AvgIpc) is 2.92. The van der Waals surface area contributed by atoms with Crippen LogP contribution >= 0.6 is 0 Å². The largest absolute Gasteiger partial charge is 0.397 e. The van der Waals surface area contributed by atoms with Crippen molar-refractivity contribution in [3.63, 3.8) is 0 Å². The number of nitrogen functional groups attached to an aromatic ring is 1. The molecule has 4 nitrogen and oxygen atoms in total. The lowest BCUT2D eigenvalue weighted by Crippen LogP contribution is -1.86. The zero-order valence-corrected chi connectivity index (χ0v) is 10.7. The van der Waals surface area contributed by atoms with Crippen molar-refractivity contribution in [1.82, 2.24) is 15.0 Å². The smallest absolute Gasteiger partial charge is 0.139 e. The summed E-state index contributed by atoms with van der Waals surface area (Å²) in [6.45, 7) is 0. The van der Waals surface area contributed by atoms with Crippen LogP contribution in [0.5, 0.6) is 0 Å². The minimum absolute atomic E-state index is 0.684. The normalized spacial score (nSPS) is 11.2. The summed E-state index contributed by atoms with van der Waals surface area (Å²) in [4.78, 5) is 12.3. The number of aromatic nitrogens is 3. The van der Waals surface area contributed by atoms with E-state index in [9.17, 15) is 0 Å². The summed E-state index contributed by atoms with van der Waals surface area (Å²) in [6, 6.07) is 15.8. The predicted molar refractivity (Wildman–Crippen MR) is 81.2 cm³/mol. The van der Waals surface area contributed by atoms with Crippen LogP contribution in [0.2, 0.25) is 0 Å². The first-order valence-electron chi connectivity index (χ1n) is 6.41. The van der Waals surface area contributed by atoms with E-state index in [-0.39, 0.29) is 0 Å². The van der Waals surface area contributed by atoms with E-state index < -0.39 is 0 Å². The molecule has 20 heavy (non-hydrogen) atoms. The van der Waals surface area contributed by atoms with Crippen LogP contribution in [0.3, 0.4) is 0 Å². The number of hydrogen-bond acceptors (Lipinski definition) is 3. The highest BCUT2D eigenvalue weighted by Crippen LogP contribution is 2.28. The number of pyridine rings is 1. The molecule has 0 spiro atoms. The van der Waals surface area contributed by atoms with Gasteiger partial charge in [0.05, 0.1) is 16.7 Å². The summed E-state index contributed by atoms with van der Waals surface area (Å²) in [5.74, 6) is 0.816. The quantitative estimate of drug-likeness (QED) is 0.516. The molecule has 0 fully saturated rings. The summed E-state index contributed by atoms with van der Waals surface area (Å²) in [5, 5.41) is 1.08. The molecule has 0 unspecified atom stereocenters. The molecule has 0 atom stereocenters. The molecule has 2 aromatic heterocycles. The molecule has 0 aliphatic heterocycles. The van der Waals surface area contributed by atoms with Crippen LogP contribution in [0.4, 0.5) is 5.69 Å². The molecule has 0 radical (unpaired) electrons. The van der Waals surface area contributed by atoms with Crippen molar-refractivity contribution in [1.29, 1.82) is 0 Å². The molecule has 0 bridgehead atoms. The van der Waals surface area contributed by atoms with Gasteiger partial charge in [-0.15, -0.1) is 0 Å². The number of benzene rings is 2. The topological polar surface area (TPSA) is 67.6 Å². The lowest BCUT2D eigenvalue weighted by molar-refractivity contribution is 1.34. The number of imidazole rings is 1. The van der Waals surface area contributed by atoms with Crippen LogP contribution in [0, 0.1) is 0 Å². The number of para-hydroxylation sites is 1. The molecule has 3 N–H and O–H groups in total. The van der Waals surface area contributed by atoms with Crippen molar-refractivity contribution in [2.45, 2.75) is 0 Å². The Morgan fingerprint density at radius 1 is 0.950 bits per heavy atom. The van der Waals surface area contributed by atoms with E-state index in [2.05, 4.69) is 15.0 Å². The second-order valence-electron chi connectivity index (χ2n) is 4.70. The fourth-order valence-corrected chi connectivity index (χ4v) is 2.49. The van der Waals surface area contributed by atoms with Gasteiger partial charge in [-0.05, 0) is 24.3 Å². The van der Waals surface area contributed by atoms with Gasteiger partial charge < -0.3 is 10.7 Å². The SMILES string of the molecule is Nc1cccc2[nH]c(-c3cccc4ncccc34)nc12. The number of nitrogens with one attached hydrogen (secondary N) is 1. The van der Waals surface area contributed by atoms with E-state index in [1.54, 1.807) is 6.20 Å². The summed E-state index contributed by atoms with van der Waals surface area (Å²) in [5.41, 5.74) is 10.4. The van der Waals surface area contributed by atoms with Crippen LogP contribution in [0.1, 0.15) is 0 Å². The molecule has 96 valence electrons. The Kier molecular flexibility index (Phi) is 2.23. The van der Waals surface area contributed by atoms with Gasteiger partial charge in [-0.2, -0.15) is 0 Å². The van der Waals surface area contributed by atoms with Crippen LogP contribution in [-0.2, 0) is 0 Å². The summed E-state index contributed by atoms with van der Waals surface area (Å²) < 4.78 is 0. The maximum atomic E-state index is 5.97. The molecule has 0 aliphatic carbocycles. The third-order valence-corrected chi connectivity index (χ3v) is 3.44. The zero-order valence-electron chi connectivity index (χ0n) is 10.7. The lowest BCUT2D eigenvalue weighted by atomic mass is 10.1. The van der Waals surface area contributed by atoms with Crippen molar-refractivity contribution >= 4 is 27.6 Å². The Bertz CT molecular complexity index is 919. The van der Waals surface area contributed by atoms with Gasteiger partial charge in [0, 0.05) is 17.1 Å². The van der Waals surface area contributed by atoms with Gasteiger partial charge in [0.15, 0.2) is 0 Å². The molecule has 4 aromatic rings. The first-order valence-corrected chi connectivity index (χ1v) is 6.41. The Balaban J connectivity index is 2.04. The number of aromatic amines is 1. The summed E-state index contributed by atoms with van der Waals surface area (Å²) in [6.07, 6.45) is 1.79. The van der Waals surface area contributed by atoms with E-state index >= 15 is 0 Å². The number of rotatable bonds is 1. The van der Waals surface area contributed by atoms with Crippen LogP contribution < -0.4 is 5.73 Å². The van der Waals surface area contributed by atoms with Crippen LogP contribution in [0.15, 0.2) is 54.7 Å². The molecular weight excluding hydrogens is 248 g/mol. The Hall–Kier alpha value is -2.88. The number of hydrogen-bond donors (Lipinski definition) is 2. The van der Waals surface area contributed by atoms with Gasteiger partial charge in [0.1, 0.15) is 11.3 Å². The van der Waals surface area contributed by atoms with Gasteiger partial charge >= 0.3 is 0 Å². The van der Waals surface area contributed by atoms with Crippen molar-refractivity contribution in [3.8, 4) is 11.4 Å². The van der Waals surface area contributed by atoms with Gasteiger partial charge in [-0.25, -0.2) is 4.98 Å². The number of nitrogens with two attached hydrogens (primary N) is 1. The third-order valence-electron chi connectivity index (χ3n) is 3.44. The Morgan fingerprint density at radius 2 is 1.85 bits per heavy atom. The molecule has 0 saturated carbocycles. The molecule has 0 amide bonds. The van der Waals surface area contributed by atoms with Gasteiger partial charge in [-0.3, -0.25) is 4.98 Å². The molecular formula is C16H12N4. The van der Waals surface area contributed by atoms with Crippen LogP contribution in [0.25, 0.3) is 33.3 Å². The fourth-order valence-electron chi connectivity index (χ4n) is 2.49. The minimum atomic E-state index is 0.684. The van der Waals surface area contributed by atoms with Crippen molar-refractivity contribution in [2.24, 2.45) is 0 Å². The Morgan fingerprint density at radius 3 is 2.75 bits per heavy atom. The zero-order chi connectivity index (χ0) is 13.5. The lowest BCUT2D eigenvalue weighted by Gasteiger charge is -2.02. The summed E-state index contributed by atoms with van der Waals surface area (Å²) >= 11 is 0. The third kappa shape index (κ3) is 1.55.